The standard InChI is InChI=1S/C6H11NO4/c1-2-7(6(10)11)4-3-5(8)9/h2-4H2,1H3,(H,8,9)(H,10,11). The van der Waals surface area contributed by atoms with E-state index in [0.717, 1.165) is 4.90 Å². The molecule has 0 unspecified atom stereocenters. The van der Waals surface area contributed by atoms with Crippen molar-refractivity contribution in [2.24, 2.45) is 0 Å². The molecule has 0 rings (SSSR count). The van der Waals surface area contributed by atoms with Crippen LogP contribution in [0.3, 0.4) is 0 Å². The second kappa shape index (κ2) is 4.54. The minimum Gasteiger partial charge on any atom is -0.481 e. The number of rotatable bonds is 4. The smallest absolute Gasteiger partial charge is 0.407 e. The van der Waals surface area contributed by atoms with E-state index in [1.807, 2.05) is 0 Å². The van der Waals surface area contributed by atoms with Crippen LogP contribution in [-0.4, -0.2) is 40.3 Å². The summed E-state index contributed by atoms with van der Waals surface area (Å²) in [5, 5.41) is 16.6. The van der Waals surface area contributed by atoms with Crippen LogP contribution in [0.5, 0.6) is 0 Å². The Morgan fingerprint density at radius 3 is 2.18 bits per heavy atom. The third kappa shape index (κ3) is 4.19. The molecule has 11 heavy (non-hydrogen) atoms. The van der Waals surface area contributed by atoms with Crippen molar-refractivity contribution in [1.82, 2.24) is 4.90 Å². The first-order valence-electron chi connectivity index (χ1n) is 3.27. The highest BCUT2D eigenvalue weighted by molar-refractivity contribution is 5.69. The molecule has 5 nitrogen and oxygen atoms in total. The van der Waals surface area contributed by atoms with Crippen LogP contribution < -0.4 is 0 Å². The van der Waals surface area contributed by atoms with Crippen LogP contribution >= 0.6 is 0 Å². The third-order valence-corrected chi connectivity index (χ3v) is 1.25. The van der Waals surface area contributed by atoms with Crippen LogP contribution in [0, 0.1) is 0 Å². The molecule has 0 aliphatic heterocycles. The molecule has 1 amide bonds. The fourth-order valence-electron chi connectivity index (χ4n) is 0.620. The lowest BCUT2D eigenvalue weighted by Crippen LogP contribution is -2.31. The van der Waals surface area contributed by atoms with Gasteiger partial charge < -0.3 is 15.1 Å². The van der Waals surface area contributed by atoms with Gasteiger partial charge in [0.05, 0.1) is 6.42 Å². The Morgan fingerprint density at radius 1 is 1.36 bits per heavy atom. The van der Waals surface area contributed by atoms with E-state index >= 15 is 0 Å². The molecule has 0 saturated carbocycles. The van der Waals surface area contributed by atoms with Crippen molar-refractivity contribution in [3.63, 3.8) is 0 Å². The van der Waals surface area contributed by atoms with Crippen LogP contribution in [0.1, 0.15) is 13.3 Å². The van der Waals surface area contributed by atoms with Gasteiger partial charge in [0.15, 0.2) is 0 Å². The second-order valence-electron chi connectivity index (χ2n) is 2.01. The zero-order valence-corrected chi connectivity index (χ0v) is 6.28. The van der Waals surface area contributed by atoms with Crippen LogP contribution in [0.2, 0.25) is 0 Å². The van der Waals surface area contributed by atoms with Gasteiger partial charge in [-0.15, -0.1) is 0 Å². The maximum absolute atomic E-state index is 10.3. The van der Waals surface area contributed by atoms with Gasteiger partial charge in [-0.25, -0.2) is 4.79 Å². The van der Waals surface area contributed by atoms with Crippen LogP contribution in [0.4, 0.5) is 4.79 Å². The molecule has 0 aromatic carbocycles. The quantitative estimate of drug-likeness (QED) is 0.627. The topological polar surface area (TPSA) is 77.8 Å². The number of carbonyl (C=O) groups is 2. The average Bonchev–Trinajstić information content (AvgIpc) is 1.87. The Balaban J connectivity index is 3.70. The molecular formula is C6H11NO4. The SMILES string of the molecule is CCN(CCC(=O)O)C(=O)O. The molecule has 0 bridgehead atoms. The summed E-state index contributed by atoms with van der Waals surface area (Å²) in [5.74, 6) is -0.982. The molecule has 0 saturated heterocycles. The van der Waals surface area contributed by atoms with Gasteiger partial charge >= 0.3 is 12.1 Å². The molecule has 2 N–H and O–H groups in total. The maximum Gasteiger partial charge on any atom is 0.407 e. The Labute approximate surface area is 64.2 Å². The lowest BCUT2D eigenvalue weighted by molar-refractivity contribution is -0.137. The zero-order valence-electron chi connectivity index (χ0n) is 6.28. The highest BCUT2D eigenvalue weighted by atomic mass is 16.4. The molecule has 0 aromatic heterocycles. The monoisotopic (exact) mass is 161 g/mol. The molecular weight excluding hydrogens is 150 g/mol. The predicted octanol–water partition coefficient (Wildman–Crippen LogP) is 0.461. The Hall–Kier alpha value is -1.26. The third-order valence-electron chi connectivity index (χ3n) is 1.25. The molecule has 0 fully saturated rings. The predicted molar refractivity (Wildman–Crippen MR) is 37.5 cm³/mol. The fourth-order valence-corrected chi connectivity index (χ4v) is 0.620. The number of aliphatic carboxylic acids is 1. The minimum absolute atomic E-state index is 0.0567. The molecule has 0 aliphatic carbocycles. The van der Waals surface area contributed by atoms with Crippen molar-refractivity contribution in [3.05, 3.63) is 0 Å². The van der Waals surface area contributed by atoms with Crippen molar-refractivity contribution < 1.29 is 19.8 Å². The lowest BCUT2D eigenvalue weighted by atomic mass is 10.4. The van der Waals surface area contributed by atoms with Gasteiger partial charge in [-0.1, -0.05) is 0 Å². The molecule has 0 radical (unpaired) electrons. The summed E-state index contributed by atoms with van der Waals surface area (Å²) < 4.78 is 0. The summed E-state index contributed by atoms with van der Waals surface area (Å²) in [6.07, 6.45) is -1.21. The number of carboxylic acids is 1. The largest absolute Gasteiger partial charge is 0.481 e. The molecule has 5 heteroatoms. The number of carboxylic acid groups (broad SMARTS) is 2. The number of nitrogens with zero attached hydrogens (tertiary/aromatic N) is 1. The first-order chi connectivity index (χ1) is 5.07. The summed E-state index contributed by atoms with van der Waals surface area (Å²) in [4.78, 5) is 21.3. The van der Waals surface area contributed by atoms with Gasteiger partial charge in [0, 0.05) is 13.1 Å². The highest BCUT2D eigenvalue weighted by Gasteiger charge is 2.09. The average molecular weight is 161 g/mol. The van der Waals surface area contributed by atoms with Crippen molar-refractivity contribution >= 4 is 12.1 Å². The van der Waals surface area contributed by atoms with E-state index in [1.165, 1.54) is 0 Å². The lowest BCUT2D eigenvalue weighted by Gasteiger charge is -2.14. The molecule has 0 heterocycles. The highest BCUT2D eigenvalue weighted by Crippen LogP contribution is 1.91. The fraction of sp³-hybridized carbons (Fsp3) is 0.667. The maximum atomic E-state index is 10.3. The van der Waals surface area contributed by atoms with Gasteiger partial charge in [0.25, 0.3) is 0 Å². The summed E-state index contributed by atoms with van der Waals surface area (Å²) >= 11 is 0. The first kappa shape index (κ1) is 9.74. The van der Waals surface area contributed by atoms with Crippen molar-refractivity contribution in [1.29, 1.82) is 0 Å². The van der Waals surface area contributed by atoms with Crippen molar-refractivity contribution in [2.45, 2.75) is 13.3 Å². The van der Waals surface area contributed by atoms with E-state index in [0.29, 0.717) is 6.54 Å². The molecule has 0 aliphatic rings. The van der Waals surface area contributed by atoms with Gasteiger partial charge in [0.1, 0.15) is 0 Å². The van der Waals surface area contributed by atoms with Crippen LogP contribution in [0.25, 0.3) is 0 Å². The van der Waals surface area contributed by atoms with Crippen LogP contribution in [-0.2, 0) is 4.79 Å². The Kier molecular flexibility index (Phi) is 4.02. The molecule has 0 spiro atoms. The van der Waals surface area contributed by atoms with E-state index in [-0.39, 0.29) is 13.0 Å². The number of amides is 1. The van der Waals surface area contributed by atoms with Gasteiger partial charge in [-0.05, 0) is 6.92 Å². The molecule has 0 aromatic rings. The van der Waals surface area contributed by atoms with E-state index in [1.54, 1.807) is 6.92 Å². The zero-order chi connectivity index (χ0) is 8.85. The molecule has 0 atom stereocenters. The summed E-state index contributed by atoms with van der Waals surface area (Å²) in [6.45, 7) is 2.04. The summed E-state index contributed by atoms with van der Waals surface area (Å²) in [6, 6.07) is 0. The van der Waals surface area contributed by atoms with E-state index in [4.69, 9.17) is 10.2 Å². The Bertz CT molecular complexity index is 157. The van der Waals surface area contributed by atoms with Gasteiger partial charge in [-0.3, -0.25) is 4.79 Å². The Morgan fingerprint density at radius 2 is 1.91 bits per heavy atom. The van der Waals surface area contributed by atoms with E-state index in [9.17, 15) is 9.59 Å². The molecule has 64 valence electrons. The normalized spacial score (nSPS) is 9.18. The van der Waals surface area contributed by atoms with Gasteiger partial charge in [-0.2, -0.15) is 0 Å². The number of hydrogen-bond donors (Lipinski definition) is 2. The summed E-state index contributed by atoms with van der Waals surface area (Å²) in [5.41, 5.74) is 0. The van der Waals surface area contributed by atoms with E-state index in [2.05, 4.69) is 0 Å². The summed E-state index contributed by atoms with van der Waals surface area (Å²) in [7, 11) is 0. The van der Waals surface area contributed by atoms with Crippen LogP contribution in [0.15, 0.2) is 0 Å². The first-order valence-corrected chi connectivity index (χ1v) is 3.27. The minimum atomic E-state index is -1.08. The van der Waals surface area contributed by atoms with Crippen molar-refractivity contribution in [2.75, 3.05) is 13.1 Å². The van der Waals surface area contributed by atoms with Gasteiger partial charge in [0.2, 0.25) is 0 Å². The number of hydrogen-bond acceptors (Lipinski definition) is 2. The second-order valence-corrected chi connectivity index (χ2v) is 2.01. The van der Waals surface area contributed by atoms with Crippen molar-refractivity contribution in [3.8, 4) is 0 Å². The van der Waals surface area contributed by atoms with E-state index < -0.39 is 12.1 Å².